The zero-order valence-corrected chi connectivity index (χ0v) is 10.5. The third-order valence-corrected chi connectivity index (χ3v) is 3.02. The lowest BCUT2D eigenvalue weighted by Crippen LogP contribution is -2.40. The Bertz CT molecular complexity index is 275. The van der Waals surface area contributed by atoms with Crippen LogP contribution >= 0.6 is 0 Å². The van der Waals surface area contributed by atoms with Crippen LogP contribution < -0.4 is 0 Å². The first kappa shape index (κ1) is 13.2. The van der Waals surface area contributed by atoms with E-state index in [0.29, 0.717) is 19.4 Å². The van der Waals surface area contributed by atoms with Gasteiger partial charge in [-0.25, -0.2) is 0 Å². The molecule has 0 aromatic rings. The Kier molecular flexibility index (Phi) is 4.54. The highest BCUT2D eigenvalue weighted by Gasteiger charge is 2.37. The number of carboxylic acids is 1. The number of rotatable bonds is 4. The molecule has 1 saturated heterocycles. The van der Waals surface area contributed by atoms with Crippen LogP contribution in [-0.4, -0.2) is 23.3 Å². The van der Waals surface area contributed by atoms with Crippen LogP contribution in [0, 0.1) is 5.92 Å². The van der Waals surface area contributed by atoms with E-state index in [1.165, 1.54) is 5.57 Å². The van der Waals surface area contributed by atoms with Crippen LogP contribution in [-0.2, 0) is 9.53 Å². The molecule has 1 aliphatic rings. The Morgan fingerprint density at radius 1 is 1.56 bits per heavy atom. The molecule has 3 nitrogen and oxygen atoms in total. The van der Waals surface area contributed by atoms with Crippen molar-refractivity contribution in [3.05, 3.63) is 11.6 Å². The number of hydrogen-bond donors (Lipinski definition) is 1. The van der Waals surface area contributed by atoms with Crippen LogP contribution in [0.5, 0.6) is 0 Å². The number of carboxylic acid groups (broad SMARTS) is 1. The van der Waals surface area contributed by atoms with E-state index in [1.54, 1.807) is 0 Å². The molecule has 1 N–H and O–H groups in total. The van der Waals surface area contributed by atoms with Crippen LogP contribution in [0.2, 0.25) is 0 Å². The minimum absolute atomic E-state index is 0.254. The fraction of sp³-hybridized carbons (Fsp3) is 0.769. The summed E-state index contributed by atoms with van der Waals surface area (Å²) >= 11 is 0. The molecule has 1 fully saturated rings. The Labute approximate surface area is 97.5 Å². The highest BCUT2D eigenvalue weighted by atomic mass is 16.5. The van der Waals surface area contributed by atoms with Crippen molar-refractivity contribution in [2.24, 2.45) is 5.92 Å². The molecule has 0 aliphatic carbocycles. The lowest BCUT2D eigenvalue weighted by molar-refractivity contribution is -0.151. The lowest BCUT2D eigenvalue weighted by atomic mass is 9.82. The summed E-state index contributed by atoms with van der Waals surface area (Å²) in [6, 6.07) is 0. The summed E-state index contributed by atoms with van der Waals surface area (Å²) in [5.74, 6) is -0.943. The molecule has 0 spiro atoms. The Morgan fingerprint density at radius 2 is 2.25 bits per heavy atom. The average Bonchev–Trinajstić information content (AvgIpc) is 2.16. The van der Waals surface area contributed by atoms with Crippen molar-refractivity contribution in [3.8, 4) is 0 Å². The standard InChI is InChI=1S/C13H22O3/c1-4-6-13(8-10(2)3)9-11(12(14)15)5-7-16-13/h8,11H,4-7,9H2,1-3H3,(H,14,15)/t11-,13-/m1/s1. The van der Waals surface area contributed by atoms with Crippen LogP contribution in [0.25, 0.3) is 0 Å². The Morgan fingerprint density at radius 3 is 2.75 bits per heavy atom. The van der Waals surface area contributed by atoms with E-state index < -0.39 is 5.97 Å². The maximum absolute atomic E-state index is 11.1. The number of aliphatic carboxylic acids is 1. The molecule has 92 valence electrons. The maximum atomic E-state index is 11.1. The predicted octanol–water partition coefficient (Wildman–Crippen LogP) is 3.00. The summed E-state index contributed by atoms with van der Waals surface area (Å²) in [6.07, 6.45) is 5.27. The summed E-state index contributed by atoms with van der Waals surface area (Å²) in [4.78, 5) is 11.1. The molecule has 0 radical (unpaired) electrons. The molecular weight excluding hydrogens is 204 g/mol. The number of carbonyl (C=O) groups is 1. The number of allylic oxidation sites excluding steroid dienone is 1. The van der Waals surface area contributed by atoms with Crippen molar-refractivity contribution >= 4 is 5.97 Å². The van der Waals surface area contributed by atoms with Gasteiger partial charge in [-0.3, -0.25) is 4.79 Å². The van der Waals surface area contributed by atoms with Gasteiger partial charge in [0.2, 0.25) is 0 Å². The maximum Gasteiger partial charge on any atom is 0.306 e. The smallest absolute Gasteiger partial charge is 0.306 e. The van der Waals surface area contributed by atoms with Crippen LogP contribution in [0.3, 0.4) is 0 Å². The fourth-order valence-electron chi connectivity index (χ4n) is 2.49. The summed E-state index contributed by atoms with van der Waals surface area (Å²) in [7, 11) is 0. The van der Waals surface area contributed by atoms with Gasteiger partial charge in [0.1, 0.15) is 0 Å². The minimum atomic E-state index is -0.689. The first-order valence-electron chi connectivity index (χ1n) is 6.02. The van der Waals surface area contributed by atoms with Gasteiger partial charge < -0.3 is 9.84 Å². The second-order valence-electron chi connectivity index (χ2n) is 4.91. The lowest BCUT2D eigenvalue weighted by Gasteiger charge is -2.38. The molecular formula is C13H22O3. The van der Waals surface area contributed by atoms with Gasteiger partial charge in [-0.2, -0.15) is 0 Å². The van der Waals surface area contributed by atoms with Crippen molar-refractivity contribution in [2.75, 3.05) is 6.61 Å². The molecule has 2 atom stereocenters. The Hall–Kier alpha value is -0.830. The number of hydrogen-bond acceptors (Lipinski definition) is 2. The molecule has 0 amide bonds. The van der Waals surface area contributed by atoms with Crippen molar-refractivity contribution in [1.29, 1.82) is 0 Å². The molecule has 1 rings (SSSR count). The van der Waals surface area contributed by atoms with E-state index in [4.69, 9.17) is 9.84 Å². The molecule has 3 heteroatoms. The molecule has 1 aliphatic heterocycles. The van der Waals surface area contributed by atoms with Gasteiger partial charge in [0.25, 0.3) is 0 Å². The van der Waals surface area contributed by atoms with Crippen molar-refractivity contribution in [3.63, 3.8) is 0 Å². The quantitative estimate of drug-likeness (QED) is 0.749. The second-order valence-corrected chi connectivity index (χ2v) is 4.91. The minimum Gasteiger partial charge on any atom is -0.481 e. The van der Waals surface area contributed by atoms with Crippen LogP contribution in [0.15, 0.2) is 11.6 Å². The molecule has 16 heavy (non-hydrogen) atoms. The summed E-state index contributed by atoms with van der Waals surface area (Å²) in [5, 5.41) is 9.10. The third kappa shape index (κ3) is 3.34. The van der Waals surface area contributed by atoms with E-state index in [1.807, 2.05) is 13.8 Å². The summed E-state index contributed by atoms with van der Waals surface area (Å²) < 4.78 is 5.86. The van der Waals surface area contributed by atoms with E-state index >= 15 is 0 Å². The molecule has 0 unspecified atom stereocenters. The first-order valence-corrected chi connectivity index (χ1v) is 6.02. The average molecular weight is 226 g/mol. The van der Waals surface area contributed by atoms with E-state index in [2.05, 4.69) is 13.0 Å². The van der Waals surface area contributed by atoms with Gasteiger partial charge in [0, 0.05) is 6.61 Å². The van der Waals surface area contributed by atoms with Gasteiger partial charge in [-0.1, -0.05) is 25.0 Å². The zero-order valence-electron chi connectivity index (χ0n) is 10.5. The van der Waals surface area contributed by atoms with Crippen LogP contribution in [0.1, 0.15) is 46.5 Å². The third-order valence-electron chi connectivity index (χ3n) is 3.02. The van der Waals surface area contributed by atoms with E-state index in [9.17, 15) is 4.79 Å². The summed E-state index contributed by atoms with van der Waals surface area (Å²) in [5.41, 5.74) is 0.856. The van der Waals surface area contributed by atoms with Gasteiger partial charge >= 0.3 is 5.97 Å². The van der Waals surface area contributed by atoms with Crippen molar-refractivity contribution in [2.45, 2.75) is 52.1 Å². The van der Waals surface area contributed by atoms with Gasteiger partial charge in [-0.05, 0) is 33.1 Å². The largest absolute Gasteiger partial charge is 0.481 e. The normalized spacial score (nSPS) is 29.8. The zero-order chi connectivity index (χ0) is 12.2. The first-order chi connectivity index (χ1) is 7.49. The molecule has 0 aromatic carbocycles. The highest BCUT2D eigenvalue weighted by Crippen LogP contribution is 2.35. The summed E-state index contributed by atoms with van der Waals surface area (Å²) in [6.45, 7) is 6.73. The van der Waals surface area contributed by atoms with Crippen molar-refractivity contribution < 1.29 is 14.6 Å². The fourth-order valence-corrected chi connectivity index (χ4v) is 2.49. The van der Waals surface area contributed by atoms with Gasteiger partial charge in [0.05, 0.1) is 11.5 Å². The monoisotopic (exact) mass is 226 g/mol. The van der Waals surface area contributed by atoms with E-state index in [-0.39, 0.29) is 11.5 Å². The van der Waals surface area contributed by atoms with Crippen molar-refractivity contribution in [1.82, 2.24) is 0 Å². The molecule has 1 heterocycles. The van der Waals surface area contributed by atoms with Gasteiger partial charge in [0.15, 0.2) is 0 Å². The topological polar surface area (TPSA) is 46.5 Å². The number of ether oxygens (including phenoxy) is 1. The Balaban J connectivity index is 2.84. The predicted molar refractivity (Wildman–Crippen MR) is 63.4 cm³/mol. The molecule has 0 aromatic heterocycles. The molecule has 0 bridgehead atoms. The molecule has 0 saturated carbocycles. The van der Waals surface area contributed by atoms with Gasteiger partial charge in [-0.15, -0.1) is 0 Å². The highest BCUT2D eigenvalue weighted by molar-refractivity contribution is 5.70. The second kappa shape index (κ2) is 5.48. The SMILES string of the molecule is CCC[C@@]1(C=C(C)C)C[C@H](C(=O)O)CCO1. The van der Waals surface area contributed by atoms with Crippen LogP contribution in [0.4, 0.5) is 0 Å². The van der Waals surface area contributed by atoms with E-state index in [0.717, 1.165) is 12.8 Å².